The molecule has 0 saturated carbocycles. The summed E-state index contributed by atoms with van der Waals surface area (Å²) in [6.07, 6.45) is 4.17. The molecule has 1 aliphatic rings. The van der Waals surface area contributed by atoms with Gasteiger partial charge in [-0.2, -0.15) is 0 Å². The van der Waals surface area contributed by atoms with E-state index in [4.69, 9.17) is 9.47 Å². The van der Waals surface area contributed by atoms with Crippen molar-refractivity contribution in [3.63, 3.8) is 0 Å². The van der Waals surface area contributed by atoms with Gasteiger partial charge in [0.05, 0.1) is 6.61 Å². The first-order chi connectivity index (χ1) is 5.14. The molecule has 0 bridgehead atoms. The van der Waals surface area contributed by atoms with Gasteiger partial charge in [-0.3, -0.25) is 0 Å². The van der Waals surface area contributed by atoms with Crippen LogP contribution in [-0.4, -0.2) is 23.8 Å². The van der Waals surface area contributed by atoms with E-state index in [0.717, 1.165) is 5.33 Å². The fraction of sp³-hybridized carbons (Fsp3) is 0.750. The van der Waals surface area contributed by atoms with E-state index in [1.165, 1.54) is 0 Å². The van der Waals surface area contributed by atoms with Crippen LogP contribution in [0.4, 0.5) is 0 Å². The number of ether oxygens (including phenoxy) is 2. The Morgan fingerprint density at radius 2 is 2.36 bits per heavy atom. The van der Waals surface area contributed by atoms with Crippen LogP contribution < -0.4 is 0 Å². The lowest BCUT2D eigenvalue weighted by molar-refractivity contribution is -0.133. The molecule has 0 radical (unpaired) electrons. The summed E-state index contributed by atoms with van der Waals surface area (Å²) < 4.78 is 10.9. The third kappa shape index (κ3) is 2.93. The van der Waals surface area contributed by atoms with Crippen molar-refractivity contribution in [2.24, 2.45) is 0 Å². The van der Waals surface area contributed by atoms with E-state index in [9.17, 15) is 0 Å². The van der Waals surface area contributed by atoms with E-state index >= 15 is 0 Å². The third-order valence-corrected chi connectivity index (χ3v) is 1.84. The van der Waals surface area contributed by atoms with Crippen LogP contribution in [0, 0.1) is 0 Å². The molecule has 0 aromatic heterocycles. The Hall–Kier alpha value is 0.140. The van der Waals surface area contributed by atoms with E-state index in [-0.39, 0.29) is 6.10 Å². The van der Waals surface area contributed by atoms with E-state index in [2.05, 4.69) is 15.9 Å². The van der Waals surface area contributed by atoms with Crippen molar-refractivity contribution in [2.75, 3.05) is 11.9 Å². The maximum atomic E-state index is 5.52. The smallest absolute Gasteiger partial charge is 0.163 e. The molecule has 3 heteroatoms. The molecule has 0 amide bonds. The van der Waals surface area contributed by atoms with Crippen LogP contribution in [0.1, 0.15) is 13.8 Å². The number of hydrogen-bond acceptors (Lipinski definition) is 2. The molecule has 11 heavy (non-hydrogen) atoms. The highest BCUT2D eigenvalue weighted by molar-refractivity contribution is 9.09. The molecule has 2 nitrogen and oxygen atoms in total. The van der Waals surface area contributed by atoms with Gasteiger partial charge >= 0.3 is 0 Å². The summed E-state index contributed by atoms with van der Waals surface area (Å²) in [7, 11) is 0. The molecule has 0 aromatic rings. The van der Waals surface area contributed by atoms with Crippen molar-refractivity contribution in [3.8, 4) is 0 Å². The van der Waals surface area contributed by atoms with Gasteiger partial charge in [-0.15, -0.1) is 0 Å². The molecular formula is C8H13BrO2. The molecule has 0 aromatic carbocycles. The highest BCUT2D eigenvalue weighted by atomic mass is 79.9. The van der Waals surface area contributed by atoms with Crippen LogP contribution >= 0.6 is 15.9 Å². The second kappa shape index (κ2) is 3.70. The largest absolute Gasteiger partial charge is 0.347 e. The van der Waals surface area contributed by atoms with Gasteiger partial charge < -0.3 is 9.47 Å². The van der Waals surface area contributed by atoms with Crippen LogP contribution in [0.3, 0.4) is 0 Å². The first-order valence-corrected chi connectivity index (χ1v) is 4.80. The van der Waals surface area contributed by atoms with Gasteiger partial charge in [-0.1, -0.05) is 28.1 Å². The fourth-order valence-corrected chi connectivity index (χ4v) is 1.23. The Morgan fingerprint density at radius 3 is 2.82 bits per heavy atom. The molecule has 1 fully saturated rings. The third-order valence-electron chi connectivity index (χ3n) is 1.47. The Bertz CT molecular complexity index is 154. The minimum atomic E-state index is -0.401. The molecular weight excluding hydrogens is 208 g/mol. The topological polar surface area (TPSA) is 18.5 Å². The van der Waals surface area contributed by atoms with Gasteiger partial charge in [0.15, 0.2) is 5.79 Å². The summed E-state index contributed by atoms with van der Waals surface area (Å²) in [5.74, 6) is -0.401. The molecule has 0 spiro atoms. The second-order valence-electron chi connectivity index (χ2n) is 2.95. The first-order valence-electron chi connectivity index (χ1n) is 3.68. The van der Waals surface area contributed by atoms with E-state index in [0.29, 0.717) is 6.61 Å². The normalized spacial score (nSPS) is 29.9. The molecule has 0 aliphatic carbocycles. The van der Waals surface area contributed by atoms with Crippen molar-refractivity contribution >= 4 is 15.9 Å². The second-order valence-corrected chi connectivity index (χ2v) is 3.60. The monoisotopic (exact) mass is 220 g/mol. The fourth-order valence-electron chi connectivity index (χ4n) is 1.01. The summed E-state index contributed by atoms with van der Waals surface area (Å²) in [6, 6.07) is 0. The van der Waals surface area contributed by atoms with E-state index in [1.54, 1.807) is 0 Å². The number of halogens is 1. The standard InChI is InChI=1S/C8H13BrO2/c1-8(2)10-6-7(11-8)4-3-5-9/h3-4,7H,5-6H2,1-2H3/b4-3+/t7-/m1/s1. The van der Waals surface area contributed by atoms with E-state index in [1.807, 2.05) is 26.0 Å². The van der Waals surface area contributed by atoms with Gasteiger partial charge in [0.25, 0.3) is 0 Å². The molecule has 1 rings (SSSR count). The Labute approximate surface area is 75.7 Å². The molecule has 64 valence electrons. The zero-order chi connectivity index (χ0) is 8.32. The van der Waals surface area contributed by atoms with Crippen LogP contribution in [0.25, 0.3) is 0 Å². The van der Waals surface area contributed by atoms with Crippen LogP contribution in [0.2, 0.25) is 0 Å². The summed E-state index contributed by atoms with van der Waals surface area (Å²) in [6.45, 7) is 4.51. The van der Waals surface area contributed by atoms with Gasteiger partial charge in [0, 0.05) is 5.33 Å². The summed E-state index contributed by atoms with van der Waals surface area (Å²) in [5.41, 5.74) is 0. The summed E-state index contributed by atoms with van der Waals surface area (Å²) >= 11 is 3.30. The van der Waals surface area contributed by atoms with Crippen molar-refractivity contribution < 1.29 is 9.47 Å². The predicted octanol–water partition coefficient (Wildman–Crippen LogP) is 2.09. The highest BCUT2D eigenvalue weighted by Gasteiger charge is 2.30. The quantitative estimate of drug-likeness (QED) is 0.525. The molecule has 1 atom stereocenters. The molecule has 1 saturated heterocycles. The Balaban J connectivity index is 2.36. The predicted molar refractivity (Wildman–Crippen MR) is 47.8 cm³/mol. The van der Waals surface area contributed by atoms with Gasteiger partial charge in [-0.25, -0.2) is 0 Å². The lowest BCUT2D eigenvalue weighted by atomic mass is 10.3. The van der Waals surface area contributed by atoms with Crippen molar-refractivity contribution in [1.82, 2.24) is 0 Å². The van der Waals surface area contributed by atoms with Crippen LogP contribution in [0.5, 0.6) is 0 Å². The zero-order valence-electron chi connectivity index (χ0n) is 6.84. The highest BCUT2D eigenvalue weighted by Crippen LogP contribution is 2.22. The van der Waals surface area contributed by atoms with E-state index < -0.39 is 5.79 Å². The summed E-state index contributed by atoms with van der Waals surface area (Å²) in [4.78, 5) is 0. The van der Waals surface area contributed by atoms with Gasteiger partial charge in [0.1, 0.15) is 6.10 Å². The maximum absolute atomic E-state index is 5.52. The average molecular weight is 221 g/mol. The molecule has 0 unspecified atom stereocenters. The van der Waals surface area contributed by atoms with Crippen LogP contribution in [-0.2, 0) is 9.47 Å². The van der Waals surface area contributed by atoms with Crippen molar-refractivity contribution in [1.29, 1.82) is 0 Å². The number of alkyl halides is 1. The maximum Gasteiger partial charge on any atom is 0.163 e. The number of rotatable bonds is 2. The van der Waals surface area contributed by atoms with Gasteiger partial charge in [0.2, 0.25) is 0 Å². The van der Waals surface area contributed by atoms with Crippen molar-refractivity contribution in [3.05, 3.63) is 12.2 Å². The zero-order valence-corrected chi connectivity index (χ0v) is 8.43. The number of allylic oxidation sites excluding steroid dienone is 1. The minimum Gasteiger partial charge on any atom is -0.347 e. The number of hydrogen-bond donors (Lipinski definition) is 0. The Morgan fingerprint density at radius 1 is 1.64 bits per heavy atom. The SMILES string of the molecule is CC1(C)OC[C@@H](/C=C/CBr)O1. The molecule has 1 heterocycles. The van der Waals surface area contributed by atoms with Gasteiger partial charge in [-0.05, 0) is 13.8 Å². The first kappa shape index (κ1) is 9.23. The lowest BCUT2D eigenvalue weighted by Gasteiger charge is -2.15. The molecule has 0 N–H and O–H groups in total. The Kier molecular flexibility index (Phi) is 3.10. The average Bonchev–Trinajstić information content (AvgIpc) is 2.26. The summed E-state index contributed by atoms with van der Waals surface area (Å²) in [5, 5.41) is 0.868. The minimum absolute atomic E-state index is 0.127. The van der Waals surface area contributed by atoms with Crippen LogP contribution in [0.15, 0.2) is 12.2 Å². The lowest BCUT2D eigenvalue weighted by Crippen LogP contribution is -2.20. The van der Waals surface area contributed by atoms with Crippen molar-refractivity contribution in [2.45, 2.75) is 25.7 Å². The molecule has 1 aliphatic heterocycles.